The standard InChI is InChI=1S/C10H6F3N3O2/c11-10(12,13)8(17)14-9-16-15-7(18-9)6-4-2-1-3-5-6/h1-5H,(H,14,16,17). The van der Waals surface area contributed by atoms with Crippen LogP contribution >= 0.6 is 0 Å². The molecule has 1 amide bonds. The second-order valence-corrected chi connectivity index (χ2v) is 3.23. The number of alkyl halides is 3. The third kappa shape index (κ3) is 2.65. The molecule has 0 radical (unpaired) electrons. The van der Waals surface area contributed by atoms with Crippen molar-refractivity contribution in [1.29, 1.82) is 0 Å². The van der Waals surface area contributed by atoms with Gasteiger partial charge in [0, 0.05) is 5.56 Å². The van der Waals surface area contributed by atoms with Crippen LogP contribution in [0.1, 0.15) is 0 Å². The highest BCUT2D eigenvalue weighted by molar-refractivity contribution is 5.93. The molecule has 0 aliphatic carbocycles. The minimum Gasteiger partial charge on any atom is -0.403 e. The molecule has 1 aromatic heterocycles. The van der Waals surface area contributed by atoms with Crippen LogP contribution < -0.4 is 5.32 Å². The van der Waals surface area contributed by atoms with Gasteiger partial charge in [0.25, 0.3) is 0 Å². The number of halogens is 3. The fourth-order valence-electron chi connectivity index (χ4n) is 1.14. The number of hydrogen-bond acceptors (Lipinski definition) is 4. The number of aromatic nitrogens is 2. The molecule has 0 aliphatic rings. The summed E-state index contributed by atoms with van der Waals surface area (Å²) in [4.78, 5) is 10.6. The first-order valence-corrected chi connectivity index (χ1v) is 4.74. The number of benzene rings is 1. The number of carbonyl (C=O) groups excluding carboxylic acids is 1. The number of anilines is 1. The monoisotopic (exact) mass is 257 g/mol. The Labute approximate surface area is 98.6 Å². The first kappa shape index (κ1) is 12.1. The van der Waals surface area contributed by atoms with Crippen LogP contribution in [0.4, 0.5) is 19.2 Å². The van der Waals surface area contributed by atoms with Gasteiger partial charge in [-0.05, 0) is 12.1 Å². The summed E-state index contributed by atoms with van der Waals surface area (Å²) in [6.07, 6.45) is -5.00. The van der Waals surface area contributed by atoms with E-state index in [-0.39, 0.29) is 5.89 Å². The molecule has 0 atom stereocenters. The van der Waals surface area contributed by atoms with E-state index in [0.717, 1.165) is 0 Å². The summed E-state index contributed by atoms with van der Waals surface area (Å²) in [6, 6.07) is 7.84. The van der Waals surface area contributed by atoms with Crippen LogP contribution in [0.15, 0.2) is 34.7 Å². The number of rotatable bonds is 2. The number of carbonyl (C=O) groups is 1. The number of hydrogen-bond donors (Lipinski definition) is 1. The minimum absolute atomic E-state index is 0.0214. The summed E-state index contributed by atoms with van der Waals surface area (Å²) in [5, 5.41) is 8.29. The molecule has 1 aromatic carbocycles. The van der Waals surface area contributed by atoms with Crippen molar-refractivity contribution in [3.8, 4) is 11.5 Å². The van der Waals surface area contributed by atoms with Gasteiger partial charge >= 0.3 is 18.1 Å². The fraction of sp³-hybridized carbons (Fsp3) is 0.100. The molecule has 18 heavy (non-hydrogen) atoms. The van der Waals surface area contributed by atoms with E-state index in [0.29, 0.717) is 5.56 Å². The molecule has 1 heterocycles. The number of nitrogens with one attached hydrogen (secondary N) is 1. The van der Waals surface area contributed by atoms with Crippen LogP contribution in [0.2, 0.25) is 0 Å². The summed E-state index contributed by atoms with van der Waals surface area (Å²) < 4.78 is 40.8. The summed E-state index contributed by atoms with van der Waals surface area (Å²) in [5.74, 6) is -2.14. The summed E-state index contributed by atoms with van der Waals surface area (Å²) in [6.45, 7) is 0. The van der Waals surface area contributed by atoms with E-state index >= 15 is 0 Å². The van der Waals surface area contributed by atoms with Crippen LogP contribution in [-0.4, -0.2) is 22.3 Å². The number of nitrogens with zero attached hydrogens (tertiary/aromatic N) is 2. The Kier molecular flexibility index (Phi) is 3.00. The van der Waals surface area contributed by atoms with E-state index < -0.39 is 18.1 Å². The van der Waals surface area contributed by atoms with Crippen molar-refractivity contribution in [2.45, 2.75) is 6.18 Å². The lowest BCUT2D eigenvalue weighted by Gasteiger charge is -2.02. The lowest BCUT2D eigenvalue weighted by Crippen LogP contribution is -2.30. The Morgan fingerprint density at radius 1 is 1.17 bits per heavy atom. The molecular formula is C10H6F3N3O2. The smallest absolute Gasteiger partial charge is 0.403 e. The van der Waals surface area contributed by atoms with Crippen molar-refractivity contribution in [3.63, 3.8) is 0 Å². The summed E-state index contributed by atoms with van der Waals surface area (Å²) in [7, 11) is 0. The van der Waals surface area contributed by atoms with E-state index in [1.54, 1.807) is 30.3 Å². The van der Waals surface area contributed by atoms with Gasteiger partial charge in [-0.25, -0.2) is 0 Å². The highest BCUT2D eigenvalue weighted by atomic mass is 19.4. The Morgan fingerprint density at radius 3 is 2.44 bits per heavy atom. The van der Waals surface area contributed by atoms with E-state index in [2.05, 4.69) is 10.2 Å². The second-order valence-electron chi connectivity index (χ2n) is 3.23. The normalized spacial score (nSPS) is 11.3. The Morgan fingerprint density at radius 2 is 1.83 bits per heavy atom. The molecular weight excluding hydrogens is 251 g/mol. The highest BCUT2D eigenvalue weighted by Gasteiger charge is 2.39. The molecule has 0 aliphatic heterocycles. The van der Waals surface area contributed by atoms with Crippen molar-refractivity contribution in [2.75, 3.05) is 5.32 Å². The maximum absolute atomic E-state index is 12.0. The van der Waals surface area contributed by atoms with Gasteiger partial charge in [-0.1, -0.05) is 23.3 Å². The van der Waals surface area contributed by atoms with Crippen molar-refractivity contribution in [1.82, 2.24) is 10.2 Å². The predicted octanol–water partition coefficient (Wildman–Crippen LogP) is 2.24. The van der Waals surface area contributed by atoms with E-state index in [1.807, 2.05) is 0 Å². The zero-order valence-electron chi connectivity index (χ0n) is 8.73. The van der Waals surface area contributed by atoms with Crippen LogP contribution in [-0.2, 0) is 4.79 Å². The zero-order valence-corrected chi connectivity index (χ0v) is 8.73. The molecule has 1 N–H and O–H groups in total. The fourth-order valence-corrected chi connectivity index (χ4v) is 1.14. The molecule has 0 fully saturated rings. The maximum atomic E-state index is 12.0. The van der Waals surface area contributed by atoms with E-state index in [9.17, 15) is 18.0 Å². The molecule has 0 unspecified atom stereocenters. The van der Waals surface area contributed by atoms with E-state index in [1.165, 1.54) is 5.32 Å². The predicted molar refractivity (Wildman–Crippen MR) is 54.4 cm³/mol. The first-order valence-electron chi connectivity index (χ1n) is 4.74. The minimum atomic E-state index is -5.00. The summed E-state index contributed by atoms with van der Waals surface area (Å²) >= 11 is 0. The van der Waals surface area contributed by atoms with Gasteiger partial charge in [0.1, 0.15) is 0 Å². The molecule has 0 bridgehead atoms. The Balaban J connectivity index is 2.15. The lowest BCUT2D eigenvalue weighted by atomic mass is 10.2. The van der Waals surface area contributed by atoms with Gasteiger partial charge in [-0.3, -0.25) is 10.1 Å². The van der Waals surface area contributed by atoms with Crippen LogP contribution in [0, 0.1) is 0 Å². The van der Waals surface area contributed by atoms with Crippen molar-refractivity contribution < 1.29 is 22.4 Å². The molecule has 8 heteroatoms. The quantitative estimate of drug-likeness (QED) is 0.895. The summed E-state index contributed by atoms with van der Waals surface area (Å²) in [5.41, 5.74) is 0.539. The van der Waals surface area contributed by atoms with Gasteiger partial charge in [0.2, 0.25) is 5.89 Å². The molecule has 5 nitrogen and oxygen atoms in total. The Bertz CT molecular complexity index is 551. The number of amides is 1. The largest absolute Gasteiger partial charge is 0.471 e. The molecule has 0 spiro atoms. The lowest BCUT2D eigenvalue weighted by molar-refractivity contribution is -0.167. The van der Waals surface area contributed by atoms with Crippen molar-refractivity contribution >= 4 is 11.9 Å². The Hall–Kier alpha value is -2.38. The van der Waals surface area contributed by atoms with Gasteiger partial charge < -0.3 is 4.42 Å². The van der Waals surface area contributed by atoms with Gasteiger partial charge in [0.15, 0.2) is 0 Å². The second kappa shape index (κ2) is 4.47. The van der Waals surface area contributed by atoms with Gasteiger partial charge in [-0.15, -0.1) is 5.10 Å². The van der Waals surface area contributed by atoms with Crippen molar-refractivity contribution in [2.24, 2.45) is 0 Å². The highest BCUT2D eigenvalue weighted by Crippen LogP contribution is 2.21. The third-order valence-electron chi connectivity index (χ3n) is 1.92. The first-order chi connectivity index (χ1) is 8.47. The average molecular weight is 257 g/mol. The van der Waals surface area contributed by atoms with Crippen LogP contribution in [0.3, 0.4) is 0 Å². The van der Waals surface area contributed by atoms with Gasteiger partial charge in [0.05, 0.1) is 0 Å². The van der Waals surface area contributed by atoms with Crippen LogP contribution in [0.5, 0.6) is 0 Å². The van der Waals surface area contributed by atoms with Gasteiger partial charge in [-0.2, -0.15) is 13.2 Å². The topological polar surface area (TPSA) is 68.0 Å². The molecule has 0 saturated heterocycles. The molecule has 94 valence electrons. The molecule has 2 aromatic rings. The SMILES string of the molecule is O=C(Nc1nnc(-c2ccccc2)o1)C(F)(F)F. The molecule has 2 rings (SSSR count). The maximum Gasteiger partial charge on any atom is 0.471 e. The zero-order chi connectivity index (χ0) is 13.2. The van der Waals surface area contributed by atoms with Crippen molar-refractivity contribution in [3.05, 3.63) is 30.3 Å². The average Bonchev–Trinajstić information content (AvgIpc) is 2.77. The van der Waals surface area contributed by atoms with Crippen LogP contribution in [0.25, 0.3) is 11.5 Å². The van der Waals surface area contributed by atoms with E-state index in [4.69, 9.17) is 4.42 Å². The third-order valence-corrected chi connectivity index (χ3v) is 1.92. The molecule has 0 saturated carbocycles.